The number of nitrogens with zero attached hydrogens (tertiary/aromatic N) is 2. The van der Waals surface area contributed by atoms with Gasteiger partial charge in [-0.3, -0.25) is 19.2 Å². The highest BCUT2D eigenvalue weighted by Crippen LogP contribution is 2.24. The minimum Gasteiger partial charge on any atom is -0.465 e. The Kier molecular flexibility index (Phi) is 28.0. The highest BCUT2D eigenvalue weighted by Gasteiger charge is 2.22. The van der Waals surface area contributed by atoms with E-state index in [2.05, 4.69) is 23.7 Å². The third kappa shape index (κ3) is 25.8. The first-order chi connectivity index (χ1) is 25.3. The van der Waals surface area contributed by atoms with Gasteiger partial charge in [-0.2, -0.15) is 0 Å². The fourth-order valence-corrected chi connectivity index (χ4v) is 5.29. The van der Waals surface area contributed by atoms with Gasteiger partial charge in [-0.15, -0.1) is 49.4 Å². The summed E-state index contributed by atoms with van der Waals surface area (Å²) >= 11 is 0. The van der Waals surface area contributed by atoms with Crippen molar-refractivity contribution in [2.75, 3.05) is 78.9 Å². The van der Waals surface area contributed by atoms with Crippen LogP contribution in [0.3, 0.4) is 0 Å². The standard InChI is InChI=1S/C40H58N2O10/c1-5-9-29-49-37(43)19-25-41(26-20-38(44)50-30-10-6-2)23-13-33-47-35-15-17-36(18-16-35)48-34-14-24-42(27-21-39(45)51-31-11-7-3)28-22-40(46)52-32-12-8-4/h1-4,35-36H,9-34H2. The van der Waals surface area contributed by atoms with E-state index < -0.39 is 0 Å². The summed E-state index contributed by atoms with van der Waals surface area (Å²) in [7, 11) is 0. The number of esters is 4. The van der Waals surface area contributed by atoms with Crippen LogP contribution in [0.15, 0.2) is 0 Å². The molecule has 0 aromatic heterocycles. The summed E-state index contributed by atoms with van der Waals surface area (Å²) in [6.07, 6.45) is 28.5. The average molecular weight is 727 g/mol. The van der Waals surface area contributed by atoms with Crippen molar-refractivity contribution in [3.8, 4) is 49.4 Å². The van der Waals surface area contributed by atoms with Gasteiger partial charge in [-0.1, -0.05) is 0 Å². The van der Waals surface area contributed by atoms with Crippen LogP contribution >= 0.6 is 0 Å². The Hall–Kier alpha value is -4.04. The second-order valence-corrected chi connectivity index (χ2v) is 12.2. The fourth-order valence-electron chi connectivity index (χ4n) is 5.29. The molecule has 288 valence electrons. The fraction of sp³-hybridized carbons (Fsp3) is 0.700. The molecule has 0 bridgehead atoms. The molecule has 0 saturated heterocycles. The largest absolute Gasteiger partial charge is 0.465 e. The van der Waals surface area contributed by atoms with E-state index in [9.17, 15) is 19.2 Å². The molecule has 0 spiro atoms. The number of terminal acetylenes is 4. The summed E-state index contributed by atoms with van der Waals surface area (Å²) < 4.78 is 32.9. The number of rotatable bonds is 30. The number of hydrogen-bond acceptors (Lipinski definition) is 12. The Balaban J connectivity index is 2.39. The lowest BCUT2D eigenvalue weighted by Crippen LogP contribution is -2.32. The maximum atomic E-state index is 12.1. The van der Waals surface area contributed by atoms with Crippen LogP contribution in [0.4, 0.5) is 0 Å². The molecule has 0 unspecified atom stereocenters. The number of carbonyl (C=O) groups excluding carboxylic acids is 4. The Morgan fingerprint density at radius 3 is 0.962 bits per heavy atom. The Labute approximate surface area is 311 Å². The van der Waals surface area contributed by atoms with Crippen LogP contribution < -0.4 is 0 Å². The first kappa shape index (κ1) is 46.0. The molecule has 12 heteroatoms. The van der Waals surface area contributed by atoms with Crippen molar-refractivity contribution >= 4 is 23.9 Å². The highest BCUT2D eigenvalue weighted by molar-refractivity contribution is 5.71. The van der Waals surface area contributed by atoms with Gasteiger partial charge in [0.05, 0.1) is 37.9 Å². The zero-order chi connectivity index (χ0) is 38.1. The van der Waals surface area contributed by atoms with Crippen LogP contribution in [0, 0.1) is 49.4 Å². The molecule has 0 atom stereocenters. The van der Waals surface area contributed by atoms with Crippen molar-refractivity contribution in [2.24, 2.45) is 0 Å². The van der Waals surface area contributed by atoms with Crippen molar-refractivity contribution in [3.63, 3.8) is 0 Å². The summed E-state index contributed by atoms with van der Waals surface area (Å²) in [6.45, 7) is 5.02. The highest BCUT2D eigenvalue weighted by atomic mass is 16.5. The molecule has 1 rings (SSSR count). The number of ether oxygens (including phenoxy) is 6. The van der Waals surface area contributed by atoms with E-state index in [1.807, 2.05) is 9.80 Å². The van der Waals surface area contributed by atoms with Crippen LogP contribution in [0.2, 0.25) is 0 Å². The quantitative estimate of drug-likeness (QED) is 0.0465. The summed E-state index contributed by atoms with van der Waals surface area (Å²) in [5.74, 6) is 8.46. The van der Waals surface area contributed by atoms with Gasteiger partial charge in [0.25, 0.3) is 0 Å². The van der Waals surface area contributed by atoms with Crippen LogP contribution in [0.5, 0.6) is 0 Å². The van der Waals surface area contributed by atoms with Crippen LogP contribution in [-0.2, 0) is 47.6 Å². The summed E-state index contributed by atoms with van der Waals surface area (Å²) in [5.41, 5.74) is 0. The van der Waals surface area contributed by atoms with Gasteiger partial charge in [0.2, 0.25) is 0 Å². The van der Waals surface area contributed by atoms with Crippen molar-refractivity contribution in [1.29, 1.82) is 0 Å². The molecule has 0 aromatic rings. The molecule has 0 radical (unpaired) electrons. The van der Waals surface area contributed by atoms with Gasteiger partial charge in [0, 0.05) is 78.2 Å². The number of carbonyl (C=O) groups is 4. The first-order valence-corrected chi connectivity index (χ1v) is 18.3. The van der Waals surface area contributed by atoms with Gasteiger partial charge in [0.15, 0.2) is 0 Å². The molecule has 0 amide bonds. The summed E-state index contributed by atoms with van der Waals surface area (Å²) in [6, 6.07) is 0. The maximum Gasteiger partial charge on any atom is 0.307 e. The Morgan fingerprint density at radius 1 is 0.442 bits per heavy atom. The van der Waals surface area contributed by atoms with Gasteiger partial charge >= 0.3 is 23.9 Å². The van der Waals surface area contributed by atoms with E-state index >= 15 is 0 Å². The van der Waals surface area contributed by atoms with Crippen molar-refractivity contribution in [2.45, 2.75) is 102 Å². The second kappa shape index (κ2) is 31.7. The van der Waals surface area contributed by atoms with Gasteiger partial charge < -0.3 is 38.2 Å². The molecule has 1 fully saturated rings. The predicted octanol–water partition coefficient (Wildman–Crippen LogP) is 3.54. The zero-order valence-corrected chi connectivity index (χ0v) is 30.8. The molecule has 1 aliphatic rings. The van der Waals surface area contributed by atoms with E-state index in [0.29, 0.717) is 78.2 Å². The van der Waals surface area contributed by atoms with Crippen LogP contribution in [0.25, 0.3) is 0 Å². The van der Waals surface area contributed by atoms with Gasteiger partial charge in [-0.25, -0.2) is 0 Å². The predicted molar refractivity (Wildman–Crippen MR) is 196 cm³/mol. The lowest BCUT2D eigenvalue weighted by molar-refractivity contribution is -0.145. The molecule has 1 saturated carbocycles. The van der Waals surface area contributed by atoms with E-state index in [1.165, 1.54) is 0 Å². The molecule has 0 N–H and O–H groups in total. The molecule has 0 aliphatic heterocycles. The lowest BCUT2D eigenvalue weighted by atomic mass is 9.95. The molecule has 1 aliphatic carbocycles. The van der Waals surface area contributed by atoms with E-state index in [0.717, 1.165) is 38.5 Å². The Morgan fingerprint density at radius 2 is 0.712 bits per heavy atom. The third-order valence-corrected chi connectivity index (χ3v) is 8.13. The first-order valence-electron chi connectivity index (χ1n) is 18.3. The van der Waals surface area contributed by atoms with E-state index in [1.54, 1.807) is 0 Å². The monoisotopic (exact) mass is 726 g/mol. The maximum absolute atomic E-state index is 12.1. The topological polar surface area (TPSA) is 130 Å². The minimum absolute atomic E-state index is 0.154. The van der Waals surface area contributed by atoms with Crippen molar-refractivity contribution in [3.05, 3.63) is 0 Å². The van der Waals surface area contributed by atoms with Crippen molar-refractivity contribution < 1.29 is 47.6 Å². The second-order valence-electron chi connectivity index (χ2n) is 12.2. The SMILES string of the molecule is C#CCCOC(=O)CCN(CCCOC1CCC(OCCCN(CCC(=O)OCCC#C)CCC(=O)OCCC#C)CC1)CCC(=O)OCCC#C. The smallest absolute Gasteiger partial charge is 0.307 e. The summed E-state index contributed by atoms with van der Waals surface area (Å²) in [4.78, 5) is 52.4. The van der Waals surface area contributed by atoms with Crippen LogP contribution in [-0.4, -0.2) is 125 Å². The molecule has 12 nitrogen and oxygen atoms in total. The van der Waals surface area contributed by atoms with E-state index in [-0.39, 0.29) is 88.2 Å². The van der Waals surface area contributed by atoms with Crippen LogP contribution in [0.1, 0.15) is 89.9 Å². The molecular formula is C40H58N2O10. The molecule has 0 heterocycles. The van der Waals surface area contributed by atoms with E-state index in [4.69, 9.17) is 54.1 Å². The molecular weight excluding hydrogens is 668 g/mol. The zero-order valence-electron chi connectivity index (χ0n) is 30.8. The number of hydrogen-bond donors (Lipinski definition) is 0. The minimum atomic E-state index is -0.326. The molecule has 0 aromatic carbocycles. The summed E-state index contributed by atoms with van der Waals surface area (Å²) in [5, 5.41) is 0. The van der Waals surface area contributed by atoms with Crippen molar-refractivity contribution in [1.82, 2.24) is 9.80 Å². The van der Waals surface area contributed by atoms with Gasteiger partial charge in [-0.05, 0) is 38.5 Å². The average Bonchev–Trinajstić information content (AvgIpc) is 3.14. The normalized spacial score (nSPS) is 15.1. The lowest BCUT2D eigenvalue weighted by Gasteiger charge is -2.29. The van der Waals surface area contributed by atoms with Gasteiger partial charge in [0.1, 0.15) is 26.4 Å². The Bertz CT molecular complexity index is 1020. The molecule has 52 heavy (non-hydrogen) atoms. The third-order valence-electron chi connectivity index (χ3n) is 8.13.